The summed E-state index contributed by atoms with van der Waals surface area (Å²) in [6.07, 6.45) is 1.53. The summed E-state index contributed by atoms with van der Waals surface area (Å²) in [7, 11) is -1.78. The number of likely N-dealkylation sites (tertiary alicyclic amines) is 1. The minimum absolute atomic E-state index is 0.0634. The summed E-state index contributed by atoms with van der Waals surface area (Å²) in [6, 6.07) is 1.92. The number of nitrogens with one attached hydrogen (secondary N) is 1. The standard InChI is InChI=1S/C23H41ClN4O4Si/c1-22(2,3)32-21(29)28-11-9-10-18(15-28)25-19-14-17(20(24)27-26-19)16-30-12-13-31-33(7,8)23(4,5)6/h14,18H,9-13,15-16H2,1-8H3,(H,25,26)/t18-/m1/s1. The van der Waals surface area contributed by atoms with Crippen molar-refractivity contribution in [3.63, 3.8) is 0 Å². The SMILES string of the molecule is CC(C)(C)OC(=O)N1CCC[C@@H](Nc2cc(COCCO[Si](C)(C)C(C)(C)C)c(Cl)nn2)C1. The maximum Gasteiger partial charge on any atom is 0.410 e. The maximum atomic E-state index is 12.4. The first-order chi connectivity index (χ1) is 15.2. The van der Waals surface area contributed by atoms with Gasteiger partial charge in [0.05, 0.1) is 19.8 Å². The highest BCUT2D eigenvalue weighted by Crippen LogP contribution is 2.36. The lowest BCUT2D eigenvalue weighted by Gasteiger charge is -2.36. The molecule has 0 radical (unpaired) electrons. The Labute approximate surface area is 204 Å². The molecule has 0 saturated carbocycles. The quantitative estimate of drug-likeness (QED) is 0.373. The second-order valence-corrected chi connectivity index (χ2v) is 16.3. The molecule has 10 heteroatoms. The highest BCUT2D eigenvalue weighted by Gasteiger charge is 2.36. The monoisotopic (exact) mass is 500 g/mol. The first kappa shape index (κ1) is 27.8. The molecule has 0 spiro atoms. The third-order valence-corrected chi connectivity index (χ3v) is 10.9. The van der Waals surface area contributed by atoms with Gasteiger partial charge in [-0.3, -0.25) is 0 Å². The van der Waals surface area contributed by atoms with Gasteiger partial charge in [-0.05, 0) is 57.8 Å². The van der Waals surface area contributed by atoms with Crippen molar-refractivity contribution in [1.29, 1.82) is 0 Å². The number of nitrogens with zero attached hydrogens (tertiary/aromatic N) is 3. The van der Waals surface area contributed by atoms with Crippen molar-refractivity contribution in [3.05, 3.63) is 16.8 Å². The molecule has 33 heavy (non-hydrogen) atoms. The molecule has 188 valence electrons. The van der Waals surface area contributed by atoms with Gasteiger partial charge in [-0.25, -0.2) is 4.79 Å². The zero-order valence-corrected chi connectivity index (χ0v) is 23.2. The number of amides is 1. The van der Waals surface area contributed by atoms with E-state index in [4.69, 9.17) is 25.5 Å². The van der Waals surface area contributed by atoms with Gasteiger partial charge in [-0.2, -0.15) is 0 Å². The molecule has 1 aromatic heterocycles. The number of rotatable bonds is 8. The van der Waals surface area contributed by atoms with Crippen LogP contribution in [0.1, 0.15) is 59.9 Å². The Bertz CT molecular complexity index is 796. The molecule has 1 aliphatic heterocycles. The van der Waals surface area contributed by atoms with Gasteiger partial charge in [-0.15, -0.1) is 10.2 Å². The van der Waals surface area contributed by atoms with Crippen LogP contribution in [0.4, 0.5) is 10.6 Å². The fraction of sp³-hybridized carbons (Fsp3) is 0.783. The predicted octanol–water partition coefficient (Wildman–Crippen LogP) is 5.48. The number of hydrogen-bond donors (Lipinski definition) is 1. The third-order valence-electron chi connectivity index (χ3n) is 6.00. The van der Waals surface area contributed by atoms with Crippen molar-refractivity contribution in [2.75, 3.05) is 31.6 Å². The largest absolute Gasteiger partial charge is 0.444 e. The van der Waals surface area contributed by atoms with Gasteiger partial charge in [-0.1, -0.05) is 32.4 Å². The lowest BCUT2D eigenvalue weighted by Crippen LogP contribution is -2.47. The number of hydrogen-bond acceptors (Lipinski definition) is 7. The summed E-state index contributed by atoms with van der Waals surface area (Å²) in [5.74, 6) is 0.617. The molecule has 0 aliphatic carbocycles. The Morgan fingerprint density at radius 3 is 2.55 bits per heavy atom. The van der Waals surface area contributed by atoms with Gasteiger partial charge in [0, 0.05) is 24.7 Å². The van der Waals surface area contributed by atoms with Crippen molar-refractivity contribution in [3.8, 4) is 0 Å². The van der Waals surface area contributed by atoms with Crippen LogP contribution in [0.25, 0.3) is 0 Å². The Morgan fingerprint density at radius 2 is 1.91 bits per heavy atom. The molecule has 0 unspecified atom stereocenters. The number of carbonyl (C=O) groups is 1. The van der Waals surface area contributed by atoms with E-state index in [1.54, 1.807) is 4.90 Å². The van der Waals surface area contributed by atoms with E-state index in [0.29, 0.717) is 43.9 Å². The molecule has 1 N–H and O–H groups in total. The third kappa shape index (κ3) is 9.03. The summed E-state index contributed by atoms with van der Waals surface area (Å²) >= 11 is 6.24. The first-order valence-corrected chi connectivity index (χ1v) is 14.9. The van der Waals surface area contributed by atoms with Gasteiger partial charge >= 0.3 is 6.09 Å². The fourth-order valence-electron chi connectivity index (χ4n) is 3.14. The summed E-state index contributed by atoms with van der Waals surface area (Å²) < 4.78 is 17.4. The summed E-state index contributed by atoms with van der Waals surface area (Å²) in [5.41, 5.74) is 0.255. The second-order valence-electron chi connectivity index (χ2n) is 11.1. The maximum absolute atomic E-state index is 12.4. The Morgan fingerprint density at radius 1 is 1.21 bits per heavy atom. The number of carbonyl (C=O) groups excluding carboxylic acids is 1. The van der Waals surface area contributed by atoms with E-state index < -0.39 is 13.9 Å². The molecule has 1 atom stereocenters. The van der Waals surface area contributed by atoms with E-state index in [1.807, 2.05) is 26.8 Å². The first-order valence-electron chi connectivity index (χ1n) is 11.7. The topological polar surface area (TPSA) is 85.8 Å². The van der Waals surface area contributed by atoms with E-state index in [-0.39, 0.29) is 17.2 Å². The van der Waals surface area contributed by atoms with E-state index in [0.717, 1.165) is 18.4 Å². The zero-order valence-electron chi connectivity index (χ0n) is 21.5. The number of ether oxygens (including phenoxy) is 2. The van der Waals surface area contributed by atoms with Crippen LogP contribution in [0, 0.1) is 0 Å². The van der Waals surface area contributed by atoms with Crippen molar-refractivity contribution in [2.45, 2.75) is 90.8 Å². The average molecular weight is 501 g/mol. The molecule has 0 bridgehead atoms. The highest BCUT2D eigenvalue weighted by molar-refractivity contribution is 6.74. The lowest BCUT2D eigenvalue weighted by molar-refractivity contribution is 0.0206. The van der Waals surface area contributed by atoms with Crippen LogP contribution in [-0.2, 0) is 20.5 Å². The second kappa shape index (κ2) is 11.3. The smallest absolute Gasteiger partial charge is 0.410 e. The molecule has 1 aliphatic rings. The van der Waals surface area contributed by atoms with Crippen molar-refractivity contribution in [1.82, 2.24) is 15.1 Å². The number of anilines is 1. The lowest BCUT2D eigenvalue weighted by atomic mass is 10.1. The van der Waals surface area contributed by atoms with Crippen molar-refractivity contribution >= 4 is 31.8 Å². The molecule has 0 aromatic carbocycles. The van der Waals surface area contributed by atoms with Crippen LogP contribution in [0.3, 0.4) is 0 Å². The van der Waals surface area contributed by atoms with Crippen LogP contribution < -0.4 is 5.32 Å². The highest BCUT2D eigenvalue weighted by atomic mass is 35.5. The van der Waals surface area contributed by atoms with Gasteiger partial charge in [0.15, 0.2) is 13.5 Å². The van der Waals surface area contributed by atoms with Crippen molar-refractivity contribution in [2.24, 2.45) is 0 Å². The van der Waals surface area contributed by atoms with Gasteiger partial charge in [0.2, 0.25) is 0 Å². The van der Waals surface area contributed by atoms with Crippen LogP contribution in [0.15, 0.2) is 6.07 Å². The van der Waals surface area contributed by atoms with Crippen molar-refractivity contribution < 1.29 is 18.7 Å². The average Bonchev–Trinajstić information content (AvgIpc) is 2.68. The molecule has 2 rings (SSSR count). The van der Waals surface area contributed by atoms with Gasteiger partial charge < -0.3 is 24.1 Å². The summed E-state index contributed by atoms with van der Waals surface area (Å²) in [4.78, 5) is 14.1. The normalized spacial score (nSPS) is 17.7. The molecule has 1 fully saturated rings. The molecule has 2 heterocycles. The van der Waals surface area contributed by atoms with E-state index in [2.05, 4.69) is 49.4 Å². The number of piperidine rings is 1. The summed E-state index contributed by atoms with van der Waals surface area (Å²) in [6.45, 7) is 19.3. The zero-order chi connectivity index (χ0) is 24.9. The molecule has 1 saturated heterocycles. The Balaban J connectivity index is 1.86. The number of aromatic nitrogens is 2. The number of halogens is 1. The Hall–Kier alpha value is -1.42. The van der Waals surface area contributed by atoms with E-state index in [1.165, 1.54) is 0 Å². The predicted molar refractivity (Wildman–Crippen MR) is 134 cm³/mol. The van der Waals surface area contributed by atoms with Crippen LogP contribution in [-0.4, -0.2) is 67.5 Å². The Kier molecular flexibility index (Phi) is 9.56. The summed E-state index contributed by atoms with van der Waals surface area (Å²) in [5, 5.41) is 12.1. The van der Waals surface area contributed by atoms with Gasteiger partial charge in [0.1, 0.15) is 11.4 Å². The van der Waals surface area contributed by atoms with Crippen LogP contribution in [0.5, 0.6) is 0 Å². The molecular formula is C23H41ClN4O4Si. The van der Waals surface area contributed by atoms with E-state index >= 15 is 0 Å². The van der Waals surface area contributed by atoms with Crippen LogP contribution >= 0.6 is 11.6 Å². The van der Waals surface area contributed by atoms with Crippen LogP contribution in [0.2, 0.25) is 23.3 Å². The molecule has 1 aromatic rings. The van der Waals surface area contributed by atoms with Gasteiger partial charge in [0.25, 0.3) is 0 Å². The fourth-order valence-corrected chi connectivity index (χ4v) is 4.31. The molecule has 8 nitrogen and oxygen atoms in total. The molecule has 1 amide bonds. The van der Waals surface area contributed by atoms with E-state index in [9.17, 15) is 4.79 Å². The minimum Gasteiger partial charge on any atom is -0.444 e. The minimum atomic E-state index is -1.78. The molecular weight excluding hydrogens is 460 g/mol.